The second kappa shape index (κ2) is 5.57. The number of phenols is 1. The molecule has 2 aliphatic carbocycles. The Labute approximate surface area is 156 Å². The lowest BCUT2D eigenvalue weighted by Crippen LogP contribution is -2.28. The number of hydrogen-bond acceptors (Lipinski definition) is 6. The Morgan fingerprint density at radius 1 is 0.929 bits per heavy atom. The average Bonchev–Trinajstić information content (AvgIpc) is 3.01. The van der Waals surface area contributed by atoms with Gasteiger partial charge >= 0.3 is 15.6 Å². The zero-order valence-corrected chi connectivity index (χ0v) is 14.7. The fourth-order valence-corrected chi connectivity index (χ4v) is 4.34. The molecule has 6 nitrogen and oxygen atoms in total. The van der Waals surface area contributed by atoms with Crippen LogP contribution in [0.5, 0.6) is 11.5 Å². The number of halogens is 3. The highest BCUT2D eigenvalue weighted by Crippen LogP contribution is 2.53. The second-order valence-corrected chi connectivity index (χ2v) is 8.24. The van der Waals surface area contributed by atoms with Crippen LogP contribution in [0.3, 0.4) is 0 Å². The molecule has 0 radical (unpaired) electrons. The fourth-order valence-electron chi connectivity index (χ4n) is 3.89. The Hall–Kier alpha value is -2.88. The summed E-state index contributed by atoms with van der Waals surface area (Å²) in [5, 5.41) is 9.81. The quantitative estimate of drug-likeness (QED) is 0.601. The molecule has 2 aromatic carbocycles. The summed E-state index contributed by atoms with van der Waals surface area (Å²) >= 11 is 0. The van der Waals surface area contributed by atoms with Crippen molar-refractivity contribution in [1.82, 2.24) is 0 Å². The largest absolute Gasteiger partial charge is 0.534 e. The smallest absolute Gasteiger partial charge is 0.508 e. The minimum Gasteiger partial charge on any atom is -0.508 e. The maximum atomic E-state index is 12.6. The first-order valence-electron chi connectivity index (χ1n) is 8.00. The van der Waals surface area contributed by atoms with Crippen LogP contribution < -0.4 is 4.18 Å². The van der Waals surface area contributed by atoms with Crippen LogP contribution >= 0.6 is 0 Å². The topological polar surface area (TPSA) is 97.7 Å². The van der Waals surface area contributed by atoms with Crippen LogP contribution in [0.2, 0.25) is 0 Å². The highest BCUT2D eigenvalue weighted by molar-refractivity contribution is 7.88. The number of rotatable bonds is 2. The van der Waals surface area contributed by atoms with Crippen molar-refractivity contribution in [3.63, 3.8) is 0 Å². The Bertz CT molecular complexity index is 1150. The highest BCUT2D eigenvalue weighted by atomic mass is 32.2. The van der Waals surface area contributed by atoms with Crippen molar-refractivity contribution in [3.05, 3.63) is 58.7 Å². The van der Waals surface area contributed by atoms with E-state index in [-0.39, 0.29) is 41.3 Å². The summed E-state index contributed by atoms with van der Waals surface area (Å²) in [7, 11) is -5.89. The Morgan fingerprint density at radius 2 is 1.46 bits per heavy atom. The molecule has 1 spiro atoms. The van der Waals surface area contributed by atoms with Crippen molar-refractivity contribution in [2.75, 3.05) is 0 Å². The predicted molar refractivity (Wildman–Crippen MR) is 88.8 cm³/mol. The lowest BCUT2D eigenvalue weighted by molar-refractivity contribution is -0.0500. The molecule has 1 N–H and O–H groups in total. The van der Waals surface area contributed by atoms with Crippen LogP contribution in [0.15, 0.2) is 36.4 Å². The van der Waals surface area contributed by atoms with Gasteiger partial charge in [0.15, 0.2) is 11.6 Å². The summed E-state index contributed by atoms with van der Waals surface area (Å²) in [5.41, 5.74) is -5.75. The molecule has 2 aromatic rings. The molecule has 4 rings (SSSR count). The maximum Gasteiger partial charge on any atom is 0.534 e. The Balaban J connectivity index is 1.87. The van der Waals surface area contributed by atoms with E-state index in [1.807, 2.05) is 0 Å². The fraction of sp³-hybridized carbons (Fsp3) is 0.222. The summed E-state index contributed by atoms with van der Waals surface area (Å²) in [5.74, 6) is -1.39. The average molecular weight is 412 g/mol. The van der Waals surface area contributed by atoms with Gasteiger partial charge in [-0.25, -0.2) is 0 Å². The monoisotopic (exact) mass is 412 g/mol. The van der Waals surface area contributed by atoms with Crippen LogP contribution in [0.1, 0.15) is 44.7 Å². The molecule has 1 unspecified atom stereocenters. The summed E-state index contributed by atoms with van der Waals surface area (Å²) < 4.78 is 64.6. The van der Waals surface area contributed by atoms with E-state index in [1.54, 1.807) is 0 Å². The van der Waals surface area contributed by atoms with E-state index in [9.17, 15) is 36.3 Å². The van der Waals surface area contributed by atoms with Gasteiger partial charge in [-0.3, -0.25) is 9.59 Å². The van der Waals surface area contributed by atoms with E-state index in [0.29, 0.717) is 11.1 Å². The molecule has 0 bridgehead atoms. The minimum atomic E-state index is -5.89. The molecule has 10 heteroatoms. The molecule has 0 fully saturated rings. The van der Waals surface area contributed by atoms with E-state index in [1.165, 1.54) is 24.3 Å². The minimum absolute atomic E-state index is 0.125. The van der Waals surface area contributed by atoms with Crippen molar-refractivity contribution in [2.24, 2.45) is 0 Å². The van der Waals surface area contributed by atoms with E-state index in [2.05, 4.69) is 4.18 Å². The number of ketones is 2. The first kappa shape index (κ1) is 18.5. The summed E-state index contributed by atoms with van der Waals surface area (Å²) in [6, 6.07) is 7.25. The van der Waals surface area contributed by atoms with Gasteiger partial charge in [-0.2, -0.15) is 21.6 Å². The summed E-state index contributed by atoms with van der Waals surface area (Å²) in [4.78, 5) is 24.9. The van der Waals surface area contributed by atoms with Crippen molar-refractivity contribution < 1.29 is 40.5 Å². The maximum absolute atomic E-state index is 12.6. The Kier molecular flexibility index (Phi) is 3.68. The van der Waals surface area contributed by atoms with Gasteiger partial charge in [0.05, 0.1) is 0 Å². The van der Waals surface area contributed by atoms with Crippen LogP contribution in [0.25, 0.3) is 0 Å². The van der Waals surface area contributed by atoms with Crippen molar-refractivity contribution in [2.45, 2.75) is 23.8 Å². The zero-order valence-electron chi connectivity index (χ0n) is 13.9. The first-order chi connectivity index (χ1) is 12.9. The SMILES string of the molecule is O=C1CC2(CC(=O)c3ccc(OS(=O)(=O)C(F)(F)F)cc32)c2cc(O)ccc21. The van der Waals surface area contributed by atoms with Gasteiger partial charge in [0, 0.05) is 29.4 Å². The molecular formula is C18H11F3O6S. The molecule has 28 heavy (non-hydrogen) atoms. The third kappa shape index (κ3) is 2.51. The molecule has 0 saturated carbocycles. The van der Waals surface area contributed by atoms with Crippen LogP contribution in [-0.2, 0) is 15.5 Å². The van der Waals surface area contributed by atoms with Gasteiger partial charge in [-0.15, -0.1) is 0 Å². The normalized spacial score (nSPS) is 21.1. The number of phenolic OH excluding ortho intramolecular Hbond substituents is 1. The number of carbonyl (C=O) groups is 2. The summed E-state index contributed by atoms with van der Waals surface area (Å²) in [6.07, 6.45) is -0.250. The third-order valence-corrected chi connectivity index (χ3v) is 6.02. The van der Waals surface area contributed by atoms with E-state index in [4.69, 9.17) is 0 Å². The van der Waals surface area contributed by atoms with Crippen molar-refractivity contribution >= 4 is 21.7 Å². The number of aromatic hydroxyl groups is 1. The lowest BCUT2D eigenvalue weighted by Gasteiger charge is -2.25. The molecule has 0 amide bonds. The molecule has 0 aliphatic heterocycles. The molecule has 0 heterocycles. The van der Waals surface area contributed by atoms with E-state index in [0.717, 1.165) is 12.1 Å². The molecule has 1 atom stereocenters. The number of benzene rings is 2. The molecular weight excluding hydrogens is 401 g/mol. The van der Waals surface area contributed by atoms with Gasteiger partial charge in [0.2, 0.25) is 0 Å². The molecule has 0 saturated heterocycles. The highest BCUT2D eigenvalue weighted by Gasteiger charge is 2.52. The van der Waals surface area contributed by atoms with Gasteiger partial charge in [0.25, 0.3) is 0 Å². The van der Waals surface area contributed by atoms with Crippen LogP contribution in [0, 0.1) is 0 Å². The van der Waals surface area contributed by atoms with Gasteiger partial charge in [0.1, 0.15) is 11.5 Å². The standard InChI is InChI=1S/C18H11F3O6S/c19-18(20,21)28(25,26)27-10-2-4-12-14(6-10)17(8-16(12)24)7-15(23)11-3-1-9(22)5-13(11)17/h1-6,22H,7-8H2. The first-order valence-corrected chi connectivity index (χ1v) is 9.41. The predicted octanol–water partition coefficient (Wildman–Crippen LogP) is 3.08. The second-order valence-electron chi connectivity index (χ2n) is 6.70. The number of fused-ring (bicyclic) bond motifs is 4. The molecule has 146 valence electrons. The number of Topliss-reactive ketones (excluding diaryl/α,β-unsaturated/α-hetero) is 2. The van der Waals surface area contributed by atoms with Gasteiger partial charge < -0.3 is 9.29 Å². The van der Waals surface area contributed by atoms with Crippen molar-refractivity contribution in [1.29, 1.82) is 0 Å². The van der Waals surface area contributed by atoms with E-state index < -0.39 is 26.8 Å². The summed E-state index contributed by atoms with van der Waals surface area (Å²) in [6.45, 7) is 0. The van der Waals surface area contributed by atoms with Crippen LogP contribution in [0.4, 0.5) is 13.2 Å². The van der Waals surface area contributed by atoms with Crippen molar-refractivity contribution in [3.8, 4) is 11.5 Å². The van der Waals surface area contributed by atoms with Crippen LogP contribution in [-0.4, -0.2) is 30.6 Å². The number of hydrogen-bond donors (Lipinski definition) is 1. The van der Waals surface area contributed by atoms with Gasteiger partial charge in [-0.05, 0) is 47.5 Å². The lowest BCUT2D eigenvalue weighted by atomic mass is 9.76. The van der Waals surface area contributed by atoms with Gasteiger partial charge in [-0.1, -0.05) is 0 Å². The third-order valence-electron chi connectivity index (χ3n) is 5.04. The number of alkyl halides is 3. The Morgan fingerprint density at radius 3 is 2.04 bits per heavy atom. The molecule has 2 aliphatic rings. The van der Waals surface area contributed by atoms with E-state index >= 15 is 0 Å². The zero-order chi connectivity index (χ0) is 20.5. The number of carbonyl (C=O) groups excluding carboxylic acids is 2. The molecule has 0 aromatic heterocycles.